The molecule has 1 aliphatic heterocycles. The van der Waals surface area contributed by atoms with E-state index in [0.29, 0.717) is 40.2 Å². The lowest BCUT2D eigenvalue weighted by Crippen LogP contribution is -2.42. The van der Waals surface area contributed by atoms with E-state index in [1.807, 2.05) is 11.8 Å². The van der Waals surface area contributed by atoms with Crippen LogP contribution >= 0.6 is 23.4 Å². The molecule has 168 valence electrons. The molecule has 1 aromatic heterocycles. The smallest absolute Gasteiger partial charge is 0.262 e. The summed E-state index contributed by atoms with van der Waals surface area (Å²) in [5.74, 6) is 0.387. The first-order valence-corrected chi connectivity index (χ1v) is 12.7. The minimum Gasteiger partial charge on any atom is -0.376 e. The zero-order valence-electron chi connectivity index (χ0n) is 18.0. The molecule has 8 heteroatoms. The molecule has 4 rings (SSSR count). The summed E-state index contributed by atoms with van der Waals surface area (Å²) < 4.78 is 7.45. The molecule has 31 heavy (non-hydrogen) atoms. The van der Waals surface area contributed by atoms with Crippen LogP contribution in [0.4, 0.5) is 0 Å². The highest BCUT2D eigenvalue weighted by atomic mass is 35.5. The van der Waals surface area contributed by atoms with Crippen LogP contribution < -0.4 is 5.56 Å². The van der Waals surface area contributed by atoms with Crippen LogP contribution in [0.15, 0.2) is 28.2 Å². The van der Waals surface area contributed by atoms with Crippen molar-refractivity contribution >= 4 is 40.2 Å². The van der Waals surface area contributed by atoms with Gasteiger partial charge in [-0.2, -0.15) is 0 Å². The van der Waals surface area contributed by atoms with Gasteiger partial charge in [0.25, 0.3) is 5.56 Å². The molecule has 2 aromatic rings. The molecule has 2 aliphatic rings. The minimum absolute atomic E-state index is 0.00804. The SMILES string of the molecule is CCN(C(=O)CSc1nc2cc(Cl)ccc2c(=O)n1CC1CCCO1)C1CCCCC1. The van der Waals surface area contributed by atoms with Crippen LogP contribution in [0.25, 0.3) is 10.9 Å². The van der Waals surface area contributed by atoms with E-state index in [1.165, 1.54) is 31.0 Å². The van der Waals surface area contributed by atoms with Crippen LogP contribution in [-0.4, -0.2) is 51.4 Å². The Hall–Kier alpha value is -1.57. The van der Waals surface area contributed by atoms with Crippen molar-refractivity contribution in [2.45, 2.75) is 75.7 Å². The number of fused-ring (bicyclic) bond motifs is 1. The Morgan fingerprint density at radius 1 is 1.26 bits per heavy atom. The van der Waals surface area contributed by atoms with E-state index in [2.05, 4.69) is 0 Å². The largest absolute Gasteiger partial charge is 0.376 e. The predicted molar refractivity (Wildman–Crippen MR) is 125 cm³/mol. The summed E-state index contributed by atoms with van der Waals surface area (Å²) in [6.07, 6.45) is 7.75. The van der Waals surface area contributed by atoms with E-state index in [1.54, 1.807) is 22.8 Å². The van der Waals surface area contributed by atoms with Crippen molar-refractivity contribution in [1.82, 2.24) is 14.5 Å². The zero-order valence-corrected chi connectivity index (χ0v) is 19.6. The third kappa shape index (κ3) is 5.26. The number of hydrogen-bond acceptors (Lipinski definition) is 5. The number of carbonyl (C=O) groups is 1. The fourth-order valence-corrected chi connectivity index (χ4v) is 5.74. The quantitative estimate of drug-likeness (QED) is 0.446. The Balaban J connectivity index is 1.58. The van der Waals surface area contributed by atoms with Crippen LogP contribution in [0.1, 0.15) is 51.9 Å². The van der Waals surface area contributed by atoms with Gasteiger partial charge in [0.2, 0.25) is 5.91 Å². The van der Waals surface area contributed by atoms with Crippen LogP contribution in [0.3, 0.4) is 0 Å². The highest BCUT2D eigenvalue weighted by Gasteiger charge is 2.25. The van der Waals surface area contributed by atoms with E-state index in [9.17, 15) is 9.59 Å². The molecule has 1 aromatic carbocycles. The van der Waals surface area contributed by atoms with E-state index in [4.69, 9.17) is 21.3 Å². The summed E-state index contributed by atoms with van der Waals surface area (Å²) in [6, 6.07) is 5.48. The highest BCUT2D eigenvalue weighted by Crippen LogP contribution is 2.26. The second-order valence-corrected chi connectivity index (χ2v) is 9.75. The van der Waals surface area contributed by atoms with Crippen molar-refractivity contribution in [3.05, 3.63) is 33.6 Å². The molecule has 1 saturated heterocycles. The normalized spacial score (nSPS) is 19.7. The molecule has 6 nitrogen and oxygen atoms in total. The van der Waals surface area contributed by atoms with Gasteiger partial charge in [-0.3, -0.25) is 14.2 Å². The Morgan fingerprint density at radius 2 is 2.06 bits per heavy atom. The summed E-state index contributed by atoms with van der Waals surface area (Å²) >= 11 is 7.48. The molecule has 1 aliphatic carbocycles. The van der Waals surface area contributed by atoms with Crippen LogP contribution in [0.2, 0.25) is 5.02 Å². The molecule has 0 bridgehead atoms. The molecule has 2 heterocycles. The number of amides is 1. The lowest BCUT2D eigenvalue weighted by atomic mass is 9.94. The lowest BCUT2D eigenvalue weighted by Gasteiger charge is -2.33. The molecule has 0 radical (unpaired) electrons. The topological polar surface area (TPSA) is 64.4 Å². The monoisotopic (exact) mass is 463 g/mol. The molecule has 1 saturated carbocycles. The van der Waals surface area contributed by atoms with E-state index >= 15 is 0 Å². The van der Waals surface area contributed by atoms with Gasteiger partial charge in [0.05, 0.1) is 29.3 Å². The van der Waals surface area contributed by atoms with Gasteiger partial charge in [0, 0.05) is 24.2 Å². The Kier molecular flexibility index (Phi) is 7.56. The fraction of sp³-hybridized carbons (Fsp3) is 0.609. The maximum absolute atomic E-state index is 13.2. The molecule has 0 N–H and O–H groups in total. The number of thioether (sulfide) groups is 1. The number of aromatic nitrogens is 2. The third-order valence-corrected chi connectivity index (χ3v) is 7.49. The molecular formula is C23H30ClN3O3S. The van der Waals surface area contributed by atoms with E-state index in [0.717, 1.165) is 32.3 Å². The summed E-state index contributed by atoms with van der Waals surface area (Å²) in [5, 5.41) is 1.64. The Labute approximate surface area is 192 Å². The first kappa shape index (κ1) is 22.6. The third-order valence-electron chi connectivity index (χ3n) is 6.29. The maximum Gasteiger partial charge on any atom is 0.262 e. The van der Waals surface area contributed by atoms with Crippen molar-refractivity contribution < 1.29 is 9.53 Å². The van der Waals surface area contributed by atoms with Gasteiger partial charge in [0.15, 0.2) is 5.16 Å². The maximum atomic E-state index is 13.2. The van der Waals surface area contributed by atoms with E-state index < -0.39 is 0 Å². The van der Waals surface area contributed by atoms with Crippen molar-refractivity contribution in [1.29, 1.82) is 0 Å². The van der Waals surface area contributed by atoms with Gasteiger partial charge in [-0.25, -0.2) is 4.98 Å². The molecule has 1 atom stereocenters. The number of rotatable bonds is 7. The van der Waals surface area contributed by atoms with Crippen molar-refractivity contribution in [2.75, 3.05) is 18.9 Å². The van der Waals surface area contributed by atoms with Gasteiger partial charge in [-0.15, -0.1) is 0 Å². The molecule has 2 fully saturated rings. The van der Waals surface area contributed by atoms with Gasteiger partial charge in [0.1, 0.15) is 0 Å². The van der Waals surface area contributed by atoms with Crippen LogP contribution in [-0.2, 0) is 16.1 Å². The van der Waals surface area contributed by atoms with Crippen molar-refractivity contribution in [2.24, 2.45) is 0 Å². The molecule has 1 amide bonds. The first-order chi connectivity index (χ1) is 15.1. The van der Waals surface area contributed by atoms with Crippen molar-refractivity contribution in [3.63, 3.8) is 0 Å². The predicted octanol–water partition coefficient (Wildman–Crippen LogP) is 4.50. The standard InChI is InChI=1S/C23H30ClN3O3S/c1-2-26(17-7-4-3-5-8-17)21(28)15-31-23-25-20-13-16(24)10-11-19(20)22(29)27(23)14-18-9-6-12-30-18/h10-11,13,17-18H,2-9,12,14-15H2,1H3. The summed E-state index contributed by atoms with van der Waals surface area (Å²) in [5.41, 5.74) is 0.461. The van der Waals surface area contributed by atoms with Gasteiger partial charge in [-0.05, 0) is 50.8 Å². The Bertz CT molecular complexity index is 984. The average molecular weight is 464 g/mol. The molecule has 1 unspecified atom stereocenters. The fourth-order valence-electron chi connectivity index (χ4n) is 4.68. The van der Waals surface area contributed by atoms with Gasteiger partial charge in [-0.1, -0.05) is 42.6 Å². The second kappa shape index (κ2) is 10.4. The zero-order chi connectivity index (χ0) is 21.8. The summed E-state index contributed by atoms with van der Waals surface area (Å²) in [4.78, 5) is 33.0. The van der Waals surface area contributed by atoms with Crippen LogP contribution in [0.5, 0.6) is 0 Å². The number of ether oxygens (including phenoxy) is 1. The first-order valence-electron chi connectivity index (χ1n) is 11.3. The minimum atomic E-state index is -0.105. The lowest BCUT2D eigenvalue weighted by molar-refractivity contribution is -0.131. The summed E-state index contributed by atoms with van der Waals surface area (Å²) in [6.45, 7) is 3.94. The molecular weight excluding hydrogens is 434 g/mol. The number of carbonyl (C=O) groups excluding carboxylic acids is 1. The van der Waals surface area contributed by atoms with E-state index in [-0.39, 0.29) is 23.3 Å². The Morgan fingerprint density at radius 3 is 2.77 bits per heavy atom. The highest BCUT2D eigenvalue weighted by molar-refractivity contribution is 7.99. The number of benzene rings is 1. The summed E-state index contributed by atoms with van der Waals surface area (Å²) in [7, 11) is 0. The average Bonchev–Trinajstić information content (AvgIpc) is 3.29. The second-order valence-electron chi connectivity index (χ2n) is 8.37. The number of hydrogen-bond donors (Lipinski definition) is 0. The number of halogens is 1. The van der Waals surface area contributed by atoms with Gasteiger partial charge >= 0.3 is 0 Å². The number of nitrogens with zero attached hydrogens (tertiary/aromatic N) is 3. The van der Waals surface area contributed by atoms with Crippen molar-refractivity contribution in [3.8, 4) is 0 Å². The van der Waals surface area contributed by atoms with Gasteiger partial charge < -0.3 is 9.64 Å². The molecule has 0 spiro atoms. The van der Waals surface area contributed by atoms with Crippen LogP contribution in [0, 0.1) is 0 Å².